The Labute approximate surface area is 128 Å². The first-order chi connectivity index (χ1) is 9.77. The molecule has 21 heavy (non-hydrogen) atoms. The third-order valence-electron chi connectivity index (χ3n) is 3.02. The van der Waals surface area contributed by atoms with E-state index in [1.807, 2.05) is 0 Å². The van der Waals surface area contributed by atoms with Gasteiger partial charge in [-0.2, -0.15) is 13.2 Å². The van der Waals surface area contributed by atoms with Crippen LogP contribution in [0.4, 0.5) is 23.2 Å². The predicted molar refractivity (Wildman–Crippen MR) is 77.6 cm³/mol. The number of benzene rings is 2. The van der Waals surface area contributed by atoms with Crippen molar-refractivity contribution in [2.45, 2.75) is 19.1 Å². The van der Waals surface area contributed by atoms with Crippen molar-refractivity contribution in [3.63, 3.8) is 0 Å². The summed E-state index contributed by atoms with van der Waals surface area (Å²) in [6.45, 7) is 1.79. The Kier molecular flexibility index (Phi) is 4.56. The van der Waals surface area contributed by atoms with Crippen LogP contribution in [0.5, 0.6) is 0 Å². The lowest BCUT2D eigenvalue weighted by Crippen LogP contribution is -2.10. The smallest absolute Gasteiger partial charge is 0.379 e. The summed E-state index contributed by atoms with van der Waals surface area (Å²) in [5.74, 6) is -0.353. The molecule has 2 aromatic carbocycles. The Bertz CT molecular complexity index is 623. The molecule has 1 atom stereocenters. The zero-order valence-corrected chi connectivity index (χ0v) is 12.6. The molecule has 112 valence electrons. The molecular weight excluding hydrogens is 350 g/mol. The van der Waals surface area contributed by atoms with Gasteiger partial charge in [0.1, 0.15) is 5.82 Å². The van der Waals surface area contributed by atoms with Crippen molar-refractivity contribution >= 4 is 21.6 Å². The van der Waals surface area contributed by atoms with Crippen LogP contribution in [0.25, 0.3) is 0 Å². The minimum Gasteiger partial charge on any atom is -0.379 e. The molecule has 0 radical (unpaired) electrons. The van der Waals surface area contributed by atoms with E-state index in [2.05, 4.69) is 21.2 Å². The lowest BCUT2D eigenvalue weighted by Gasteiger charge is -2.17. The molecule has 0 aliphatic carbocycles. The normalized spacial score (nSPS) is 13.0. The first-order valence-corrected chi connectivity index (χ1v) is 6.95. The van der Waals surface area contributed by atoms with Crippen LogP contribution >= 0.6 is 15.9 Å². The van der Waals surface area contributed by atoms with Crippen LogP contribution in [-0.4, -0.2) is 0 Å². The molecule has 1 N–H and O–H groups in total. The molecule has 0 heterocycles. The molecule has 0 bridgehead atoms. The number of anilines is 1. The fourth-order valence-electron chi connectivity index (χ4n) is 1.92. The summed E-state index contributed by atoms with van der Waals surface area (Å²) < 4.78 is 51.4. The summed E-state index contributed by atoms with van der Waals surface area (Å²) in [4.78, 5) is 0. The van der Waals surface area contributed by atoms with Crippen molar-refractivity contribution in [2.75, 3.05) is 5.32 Å². The molecule has 1 nitrogen and oxygen atoms in total. The molecular formula is C15H12BrF4N. The van der Waals surface area contributed by atoms with Gasteiger partial charge in [0.05, 0.1) is 5.56 Å². The zero-order valence-electron chi connectivity index (χ0n) is 11.0. The van der Waals surface area contributed by atoms with Crippen molar-refractivity contribution < 1.29 is 17.6 Å². The first-order valence-electron chi connectivity index (χ1n) is 6.16. The summed E-state index contributed by atoms with van der Waals surface area (Å²) in [7, 11) is 0. The summed E-state index contributed by atoms with van der Waals surface area (Å²) in [6.07, 6.45) is -4.42. The molecule has 1 unspecified atom stereocenters. The molecule has 0 saturated carbocycles. The van der Waals surface area contributed by atoms with E-state index in [4.69, 9.17) is 0 Å². The lowest BCUT2D eigenvalue weighted by molar-refractivity contribution is -0.138. The third kappa shape index (κ3) is 3.97. The van der Waals surface area contributed by atoms with Crippen LogP contribution in [-0.2, 0) is 6.18 Å². The second-order valence-corrected chi connectivity index (χ2v) is 5.46. The van der Waals surface area contributed by atoms with Gasteiger partial charge in [-0.3, -0.25) is 0 Å². The summed E-state index contributed by atoms with van der Waals surface area (Å²) in [5.41, 5.74) is 0.397. The Hall–Kier alpha value is -1.56. The molecule has 0 saturated heterocycles. The second-order valence-electron chi connectivity index (χ2n) is 4.61. The van der Waals surface area contributed by atoms with Crippen molar-refractivity contribution in [3.05, 3.63) is 63.9 Å². The van der Waals surface area contributed by atoms with E-state index in [9.17, 15) is 17.6 Å². The number of hydrogen-bond acceptors (Lipinski definition) is 1. The monoisotopic (exact) mass is 361 g/mol. The highest BCUT2D eigenvalue weighted by molar-refractivity contribution is 9.10. The minimum atomic E-state index is -4.42. The maximum atomic E-state index is 12.9. The highest BCUT2D eigenvalue weighted by atomic mass is 79.9. The highest BCUT2D eigenvalue weighted by Gasteiger charge is 2.33. The number of alkyl halides is 3. The summed E-state index contributed by atoms with van der Waals surface area (Å²) in [5, 5.41) is 2.97. The van der Waals surface area contributed by atoms with Gasteiger partial charge in [-0.15, -0.1) is 0 Å². The van der Waals surface area contributed by atoms with E-state index in [0.717, 1.165) is 11.6 Å². The van der Waals surface area contributed by atoms with Gasteiger partial charge in [0.25, 0.3) is 0 Å². The van der Waals surface area contributed by atoms with Gasteiger partial charge in [-0.25, -0.2) is 4.39 Å². The third-order valence-corrected chi connectivity index (χ3v) is 3.72. The molecule has 2 aromatic rings. The maximum absolute atomic E-state index is 12.9. The molecule has 0 aliphatic rings. The molecule has 2 rings (SSSR count). The first kappa shape index (κ1) is 15.8. The summed E-state index contributed by atoms with van der Waals surface area (Å²) >= 11 is 2.90. The average Bonchev–Trinajstić information content (AvgIpc) is 2.40. The van der Waals surface area contributed by atoms with Gasteiger partial charge in [-0.1, -0.05) is 28.1 Å². The minimum absolute atomic E-state index is 0.00464. The van der Waals surface area contributed by atoms with E-state index < -0.39 is 11.7 Å². The van der Waals surface area contributed by atoms with Crippen molar-refractivity contribution in [2.24, 2.45) is 0 Å². The van der Waals surface area contributed by atoms with E-state index in [-0.39, 0.29) is 16.3 Å². The largest absolute Gasteiger partial charge is 0.417 e. The standard InChI is InChI=1S/C15H12BrF4N/c1-9(10-2-4-11(17)5-3-10)21-12-6-7-14(16)13(8-12)15(18,19)20/h2-9,21H,1H3. The van der Waals surface area contributed by atoms with Gasteiger partial charge >= 0.3 is 6.18 Å². The fraction of sp³-hybridized carbons (Fsp3) is 0.200. The molecule has 0 aliphatic heterocycles. The Balaban J connectivity index is 2.21. The van der Waals surface area contributed by atoms with Crippen LogP contribution in [0.1, 0.15) is 24.1 Å². The van der Waals surface area contributed by atoms with E-state index >= 15 is 0 Å². The van der Waals surface area contributed by atoms with Gasteiger partial charge in [0.15, 0.2) is 0 Å². The number of nitrogens with one attached hydrogen (secondary N) is 1. The maximum Gasteiger partial charge on any atom is 0.417 e. The fourth-order valence-corrected chi connectivity index (χ4v) is 2.39. The Morgan fingerprint density at radius 2 is 1.67 bits per heavy atom. The Morgan fingerprint density at radius 1 is 1.05 bits per heavy atom. The second kappa shape index (κ2) is 6.05. The SMILES string of the molecule is CC(Nc1ccc(Br)c(C(F)(F)F)c1)c1ccc(F)cc1. The van der Waals surface area contributed by atoms with Gasteiger partial charge in [0.2, 0.25) is 0 Å². The van der Waals surface area contributed by atoms with Crippen LogP contribution < -0.4 is 5.32 Å². The molecule has 0 spiro atoms. The molecule has 6 heteroatoms. The van der Waals surface area contributed by atoms with Crippen LogP contribution in [0.2, 0.25) is 0 Å². The predicted octanol–water partition coefficient (Wildman–Crippen LogP) is 5.78. The quantitative estimate of drug-likeness (QED) is 0.683. The number of hydrogen-bond donors (Lipinski definition) is 1. The van der Waals surface area contributed by atoms with Crippen molar-refractivity contribution in [1.82, 2.24) is 0 Å². The van der Waals surface area contributed by atoms with Crippen LogP contribution in [0.15, 0.2) is 46.9 Å². The van der Waals surface area contributed by atoms with E-state index in [0.29, 0.717) is 5.69 Å². The molecule has 0 amide bonds. The van der Waals surface area contributed by atoms with Crippen molar-refractivity contribution in [1.29, 1.82) is 0 Å². The number of rotatable bonds is 3. The van der Waals surface area contributed by atoms with Crippen molar-refractivity contribution in [3.8, 4) is 0 Å². The lowest BCUT2D eigenvalue weighted by atomic mass is 10.1. The van der Waals surface area contributed by atoms with Gasteiger partial charge in [0, 0.05) is 16.2 Å². The van der Waals surface area contributed by atoms with Crippen LogP contribution in [0, 0.1) is 5.82 Å². The van der Waals surface area contributed by atoms with E-state index in [1.54, 1.807) is 25.1 Å². The highest BCUT2D eigenvalue weighted by Crippen LogP contribution is 2.36. The van der Waals surface area contributed by atoms with E-state index in [1.165, 1.54) is 18.2 Å². The van der Waals surface area contributed by atoms with Gasteiger partial charge in [-0.05, 0) is 42.8 Å². The Morgan fingerprint density at radius 3 is 2.24 bits per heavy atom. The number of halogens is 5. The summed E-state index contributed by atoms with van der Waals surface area (Å²) in [6, 6.07) is 9.53. The zero-order chi connectivity index (χ0) is 15.6. The van der Waals surface area contributed by atoms with Gasteiger partial charge < -0.3 is 5.32 Å². The molecule has 0 aromatic heterocycles. The topological polar surface area (TPSA) is 12.0 Å². The average molecular weight is 362 g/mol. The van der Waals surface area contributed by atoms with Crippen LogP contribution in [0.3, 0.4) is 0 Å². The molecule has 0 fully saturated rings.